The van der Waals surface area contributed by atoms with Crippen LogP contribution >= 0.6 is 0 Å². The first-order valence-corrected chi connectivity index (χ1v) is 15.1. The Morgan fingerprint density at radius 3 is 2.38 bits per heavy atom. The number of carbonyl (C=O) groups excluding carboxylic acids is 2. The van der Waals surface area contributed by atoms with Crippen molar-refractivity contribution in [3.05, 3.63) is 53.0 Å². The van der Waals surface area contributed by atoms with Gasteiger partial charge in [-0.05, 0) is 63.1 Å². The molecule has 0 aliphatic carbocycles. The van der Waals surface area contributed by atoms with Crippen LogP contribution in [0.3, 0.4) is 0 Å². The Morgan fingerprint density at radius 1 is 1.14 bits per heavy atom. The minimum atomic E-state index is -2.91. The molecule has 3 aromatic rings. The monoisotopic (exact) mass is 603 g/mol. The fourth-order valence-corrected chi connectivity index (χ4v) is 5.33. The number of pyridine rings is 1. The fourth-order valence-electron chi connectivity index (χ4n) is 4.83. The van der Waals surface area contributed by atoms with Crippen molar-refractivity contribution in [2.45, 2.75) is 46.3 Å². The van der Waals surface area contributed by atoms with E-state index in [9.17, 15) is 22.4 Å². The summed E-state index contributed by atoms with van der Waals surface area (Å²) in [4.78, 5) is 33.6. The van der Waals surface area contributed by atoms with Crippen LogP contribution in [0.4, 0.5) is 9.18 Å². The van der Waals surface area contributed by atoms with Gasteiger partial charge in [0.2, 0.25) is 16.6 Å². The lowest BCUT2D eigenvalue weighted by atomic mass is 10.0. The first-order chi connectivity index (χ1) is 19.9. The standard InChI is InChI=1S/C29H38FN5O6S/c1-6-19-17-22-24(26(36)31-5)25(20-7-9-21(30)10-8-20)40-27(22)32-23(19)18-35(42(38)39)16-13-33-11-14-34(15-12-33)28(37)41-29(2,3)4/h7-10,17,42H,6,11-16,18H2,1-5H3,(H,31,36). The Balaban J connectivity index is 1.52. The molecule has 11 nitrogen and oxygen atoms in total. The summed E-state index contributed by atoms with van der Waals surface area (Å²) in [5.41, 5.74) is 1.74. The van der Waals surface area contributed by atoms with Crippen molar-refractivity contribution in [1.29, 1.82) is 0 Å². The Labute approximate surface area is 246 Å². The fraction of sp³-hybridized carbons (Fsp3) is 0.483. The smallest absolute Gasteiger partial charge is 0.410 e. The first-order valence-electron chi connectivity index (χ1n) is 13.9. The lowest BCUT2D eigenvalue weighted by Gasteiger charge is -2.36. The van der Waals surface area contributed by atoms with Crippen LogP contribution in [0.2, 0.25) is 0 Å². The molecule has 1 saturated heterocycles. The maximum atomic E-state index is 13.6. The van der Waals surface area contributed by atoms with Gasteiger partial charge in [0.1, 0.15) is 17.2 Å². The van der Waals surface area contributed by atoms with E-state index in [0.717, 1.165) is 5.56 Å². The number of halogens is 1. The summed E-state index contributed by atoms with van der Waals surface area (Å²) in [6.45, 7) is 10.4. The normalized spacial score (nSPS) is 14.6. The van der Waals surface area contributed by atoms with E-state index in [-0.39, 0.29) is 42.1 Å². The molecular weight excluding hydrogens is 565 g/mol. The second-order valence-corrected chi connectivity index (χ2v) is 12.2. The van der Waals surface area contributed by atoms with Gasteiger partial charge in [0, 0.05) is 51.9 Å². The van der Waals surface area contributed by atoms with Crippen LogP contribution in [0.15, 0.2) is 34.7 Å². The van der Waals surface area contributed by atoms with E-state index in [4.69, 9.17) is 9.15 Å². The van der Waals surface area contributed by atoms with Gasteiger partial charge in [-0.1, -0.05) is 6.92 Å². The van der Waals surface area contributed by atoms with Gasteiger partial charge >= 0.3 is 6.09 Å². The molecule has 42 heavy (non-hydrogen) atoms. The predicted octanol–water partition coefficient (Wildman–Crippen LogP) is 3.44. The lowest BCUT2D eigenvalue weighted by Crippen LogP contribution is -2.51. The molecule has 0 saturated carbocycles. The van der Waals surface area contributed by atoms with Crippen molar-refractivity contribution < 1.29 is 31.6 Å². The summed E-state index contributed by atoms with van der Waals surface area (Å²) in [5, 5.41) is 3.12. The molecule has 3 heterocycles. The summed E-state index contributed by atoms with van der Waals surface area (Å²) in [6.07, 6.45) is 0.207. The molecule has 1 aliphatic rings. The zero-order valence-electron chi connectivity index (χ0n) is 24.6. The third-order valence-electron chi connectivity index (χ3n) is 7.05. The second-order valence-electron chi connectivity index (χ2n) is 11.1. The van der Waals surface area contributed by atoms with Crippen molar-refractivity contribution >= 4 is 34.0 Å². The summed E-state index contributed by atoms with van der Waals surface area (Å²) in [6, 6.07) is 7.43. The molecule has 1 aliphatic heterocycles. The van der Waals surface area contributed by atoms with Crippen molar-refractivity contribution in [1.82, 2.24) is 24.4 Å². The molecule has 0 spiro atoms. The van der Waals surface area contributed by atoms with Crippen LogP contribution in [0, 0.1) is 5.82 Å². The Bertz CT molecular complexity index is 1500. The second kappa shape index (κ2) is 13.2. The highest BCUT2D eigenvalue weighted by atomic mass is 32.2. The van der Waals surface area contributed by atoms with Crippen LogP contribution in [-0.2, 0) is 28.6 Å². The SMILES string of the molecule is CCc1cc2c(C(=O)NC)c(-c3ccc(F)cc3)oc2nc1CN(CCN1CCN(C(=O)OC(C)(C)C)CC1)[SH](=O)=O. The number of ether oxygens (including phenoxy) is 1. The van der Waals surface area contributed by atoms with E-state index in [1.165, 1.54) is 35.6 Å². The zero-order valence-corrected chi connectivity index (χ0v) is 25.5. The molecular formula is C29H38FN5O6S. The molecule has 2 aromatic heterocycles. The number of benzene rings is 1. The Morgan fingerprint density at radius 2 is 1.81 bits per heavy atom. The van der Waals surface area contributed by atoms with Gasteiger partial charge in [0.05, 0.1) is 23.2 Å². The third kappa shape index (κ3) is 7.44. The maximum Gasteiger partial charge on any atom is 0.410 e. The van der Waals surface area contributed by atoms with Crippen LogP contribution < -0.4 is 5.32 Å². The quantitative estimate of drug-likeness (QED) is 0.357. The average molecular weight is 604 g/mol. The molecule has 0 unspecified atom stereocenters. The number of hydrogen-bond donors (Lipinski definition) is 2. The maximum absolute atomic E-state index is 13.6. The Hall–Kier alpha value is -3.55. The topological polar surface area (TPSA) is 125 Å². The Kier molecular flexibility index (Phi) is 9.85. The molecule has 0 atom stereocenters. The number of thiol groups is 1. The van der Waals surface area contributed by atoms with E-state index in [1.807, 2.05) is 33.8 Å². The highest BCUT2D eigenvalue weighted by Crippen LogP contribution is 2.34. The number of nitrogens with zero attached hydrogens (tertiary/aromatic N) is 4. The van der Waals surface area contributed by atoms with Gasteiger partial charge in [0.15, 0.2) is 0 Å². The number of piperazine rings is 1. The number of hydrogen-bond acceptors (Lipinski definition) is 8. The van der Waals surface area contributed by atoms with Gasteiger partial charge in [-0.2, -0.15) is 4.31 Å². The first kappa shape index (κ1) is 31.4. The third-order valence-corrected chi connectivity index (χ3v) is 7.86. The highest BCUT2D eigenvalue weighted by Gasteiger charge is 2.27. The molecule has 4 rings (SSSR count). The molecule has 0 radical (unpaired) electrons. The molecule has 1 fully saturated rings. The number of carbonyl (C=O) groups is 2. The summed E-state index contributed by atoms with van der Waals surface area (Å²) < 4.78 is 50.9. The predicted molar refractivity (Wildman–Crippen MR) is 157 cm³/mol. The van der Waals surface area contributed by atoms with Crippen LogP contribution in [0.1, 0.15) is 49.3 Å². The van der Waals surface area contributed by atoms with Gasteiger partial charge in [-0.25, -0.2) is 22.6 Å². The number of aromatic nitrogens is 1. The van der Waals surface area contributed by atoms with E-state index in [1.54, 1.807) is 4.90 Å². The molecule has 2 amide bonds. The largest absolute Gasteiger partial charge is 0.444 e. The number of aryl methyl sites for hydroxylation is 1. The van der Waals surface area contributed by atoms with Gasteiger partial charge in [-0.3, -0.25) is 9.69 Å². The van der Waals surface area contributed by atoms with E-state index in [0.29, 0.717) is 55.8 Å². The molecule has 228 valence electrons. The van der Waals surface area contributed by atoms with Crippen LogP contribution in [-0.4, -0.2) is 91.4 Å². The van der Waals surface area contributed by atoms with Crippen molar-refractivity contribution in [2.24, 2.45) is 0 Å². The molecule has 1 aromatic carbocycles. The number of fused-ring (bicyclic) bond motifs is 1. The van der Waals surface area contributed by atoms with Crippen molar-refractivity contribution in [3.8, 4) is 11.3 Å². The van der Waals surface area contributed by atoms with Gasteiger partial charge < -0.3 is 19.4 Å². The molecule has 0 bridgehead atoms. The minimum Gasteiger partial charge on any atom is -0.444 e. The summed E-state index contributed by atoms with van der Waals surface area (Å²) >= 11 is 0. The minimum absolute atomic E-state index is 0.0393. The van der Waals surface area contributed by atoms with Crippen molar-refractivity contribution in [3.63, 3.8) is 0 Å². The summed E-state index contributed by atoms with van der Waals surface area (Å²) in [5.74, 6) is -0.532. The lowest BCUT2D eigenvalue weighted by molar-refractivity contribution is 0.0143. The molecule has 13 heteroatoms. The highest BCUT2D eigenvalue weighted by molar-refractivity contribution is 7.69. The number of furan rings is 1. The number of amides is 2. The van der Waals surface area contributed by atoms with Crippen LogP contribution in [0.5, 0.6) is 0 Å². The number of nitrogens with one attached hydrogen (secondary N) is 1. The van der Waals surface area contributed by atoms with E-state index < -0.39 is 22.3 Å². The van der Waals surface area contributed by atoms with Gasteiger partial charge in [-0.15, -0.1) is 0 Å². The summed E-state index contributed by atoms with van der Waals surface area (Å²) in [7, 11) is -1.40. The van der Waals surface area contributed by atoms with E-state index in [2.05, 4.69) is 15.2 Å². The molecule has 1 N–H and O–H groups in total. The van der Waals surface area contributed by atoms with Gasteiger partial charge in [0.25, 0.3) is 5.91 Å². The van der Waals surface area contributed by atoms with Crippen molar-refractivity contribution in [2.75, 3.05) is 46.3 Å². The van der Waals surface area contributed by atoms with Crippen LogP contribution in [0.25, 0.3) is 22.4 Å². The zero-order chi connectivity index (χ0) is 30.6. The average Bonchev–Trinajstić information content (AvgIpc) is 3.32. The van der Waals surface area contributed by atoms with E-state index >= 15 is 0 Å². The number of rotatable bonds is 9.